The third-order valence-corrected chi connectivity index (χ3v) is 4.15. The van der Waals surface area contributed by atoms with Crippen molar-refractivity contribution < 1.29 is 14.3 Å². The number of esters is 1. The van der Waals surface area contributed by atoms with Crippen LogP contribution in [0.1, 0.15) is 66.2 Å². The summed E-state index contributed by atoms with van der Waals surface area (Å²) < 4.78 is 10.2. The topological polar surface area (TPSA) is 38.8 Å². The summed E-state index contributed by atoms with van der Waals surface area (Å²) in [6.45, 7) is 8.90. The van der Waals surface area contributed by atoms with E-state index < -0.39 is 0 Å². The Morgan fingerprint density at radius 1 is 1.21 bits per heavy atom. The van der Waals surface area contributed by atoms with Crippen LogP contribution in [0.15, 0.2) is 0 Å². The van der Waals surface area contributed by atoms with Crippen LogP contribution < -0.4 is 0 Å². The lowest BCUT2D eigenvalue weighted by Crippen LogP contribution is -2.19. The standard InChI is InChI=1S/C16H30O3/c1-12(2)8-6-9-13(3)10-7-11-16(4)14(19-16)15(17)18-5/h12-14H,6-11H2,1-5H3/t13?,14-,16-/m0/s1. The van der Waals surface area contributed by atoms with Gasteiger partial charge in [0.15, 0.2) is 6.10 Å². The minimum absolute atomic E-state index is 0.229. The second-order valence-electron chi connectivity index (χ2n) is 6.66. The third-order valence-electron chi connectivity index (χ3n) is 4.15. The zero-order valence-electron chi connectivity index (χ0n) is 13.2. The molecule has 0 saturated carbocycles. The van der Waals surface area contributed by atoms with Gasteiger partial charge in [-0.3, -0.25) is 0 Å². The van der Waals surface area contributed by atoms with Gasteiger partial charge in [0, 0.05) is 0 Å². The minimum atomic E-state index is -0.325. The summed E-state index contributed by atoms with van der Waals surface area (Å²) in [4.78, 5) is 11.3. The molecule has 0 radical (unpaired) electrons. The third kappa shape index (κ3) is 5.52. The molecule has 1 heterocycles. The van der Waals surface area contributed by atoms with Gasteiger partial charge in [-0.1, -0.05) is 52.9 Å². The summed E-state index contributed by atoms with van der Waals surface area (Å²) in [5.74, 6) is 1.36. The van der Waals surface area contributed by atoms with E-state index in [9.17, 15) is 4.79 Å². The Hall–Kier alpha value is -0.570. The first-order chi connectivity index (χ1) is 8.89. The van der Waals surface area contributed by atoms with Crippen LogP contribution in [0.5, 0.6) is 0 Å². The zero-order valence-corrected chi connectivity index (χ0v) is 13.2. The number of carbonyl (C=O) groups is 1. The monoisotopic (exact) mass is 270 g/mol. The predicted molar refractivity (Wildman–Crippen MR) is 77.0 cm³/mol. The maximum Gasteiger partial charge on any atom is 0.338 e. The summed E-state index contributed by atoms with van der Waals surface area (Å²) in [6, 6.07) is 0. The lowest BCUT2D eigenvalue weighted by atomic mass is 9.92. The normalized spacial score (nSPS) is 27.4. The van der Waals surface area contributed by atoms with Crippen LogP contribution in [0.3, 0.4) is 0 Å². The van der Waals surface area contributed by atoms with E-state index >= 15 is 0 Å². The predicted octanol–water partition coefficient (Wildman–Crippen LogP) is 3.95. The number of hydrogen-bond donors (Lipinski definition) is 0. The van der Waals surface area contributed by atoms with E-state index in [1.165, 1.54) is 32.8 Å². The highest BCUT2D eigenvalue weighted by molar-refractivity contribution is 5.79. The van der Waals surface area contributed by atoms with Crippen molar-refractivity contribution in [2.45, 2.75) is 77.9 Å². The van der Waals surface area contributed by atoms with E-state index in [4.69, 9.17) is 9.47 Å². The molecule has 112 valence electrons. The van der Waals surface area contributed by atoms with Crippen LogP contribution in [0.4, 0.5) is 0 Å². The van der Waals surface area contributed by atoms with Gasteiger partial charge in [-0.25, -0.2) is 4.79 Å². The summed E-state index contributed by atoms with van der Waals surface area (Å²) in [7, 11) is 1.42. The summed E-state index contributed by atoms with van der Waals surface area (Å²) in [5, 5.41) is 0. The van der Waals surface area contributed by atoms with Crippen molar-refractivity contribution >= 4 is 5.97 Å². The van der Waals surface area contributed by atoms with Crippen LogP contribution in [0, 0.1) is 11.8 Å². The summed E-state index contributed by atoms with van der Waals surface area (Å²) in [6.07, 6.45) is 6.97. The van der Waals surface area contributed by atoms with Crippen molar-refractivity contribution in [2.75, 3.05) is 7.11 Å². The number of ether oxygens (including phenoxy) is 2. The first kappa shape index (κ1) is 16.5. The zero-order chi connectivity index (χ0) is 14.5. The number of methoxy groups -OCH3 is 1. The first-order valence-electron chi connectivity index (χ1n) is 7.64. The van der Waals surface area contributed by atoms with E-state index in [0.29, 0.717) is 0 Å². The van der Waals surface area contributed by atoms with Gasteiger partial charge in [-0.05, 0) is 25.2 Å². The SMILES string of the molecule is COC(=O)[C@@H]1O[C@@]1(C)CCCC(C)CCCC(C)C. The van der Waals surface area contributed by atoms with E-state index in [-0.39, 0.29) is 17.7 Å². The maximum atomic E-state index is 11.3. The number of carbonyl (C=O) groups excluding carboxylic acids is 1. The smallest absolute Gasteiger partial charge is 0.338 e. The molecular weight excluding hydrogens is 240 g/mol. The molecule has 0 N–H and O–H groups in total. The second kappa shape index (κ2) is 7.28. The summed E-state index contributed by atoms with van der Waals surface area (Å²) >= 11 is 0. The van der Waals surface area contributed by atoms with Crippen molar-refractivity contribution in [3.8, 4) is 0 Å². The molecule has 0 aliphatic carbocycles. The fraction of sp³-hybridized carbons (Fsp3) is 0.938. The number of hydrogen-bond acceptors (Lipinski definition) is 3. The van der Waals surface area contributed by atoms with Gasteiger partial charge < -0.3 is 9.47 Å². The van der Waals surface area contributed by atoms with E-state index in [1.54, 1.807) is 0 Å². The van der Waals surface area contributed by atoms with E-state index in [1.807, 2.05) is 6.92 Å². The van der Waals surface area contributed by atoms with Gasteiger partial charge in [0.2, 0.25) is 0 Å². The lowest BCUT2D eigenvalue weighted by Gasteiger charge is -2.13. The molecule has 1 aliphatic heterocycles. The Bertz CT molecular complexity index is 288. The van der Waals surface area contributed by atoms with Crippen molar-refractivity contribution in [3.05, 3.63) is 0 Å². The van der Waals surface area contributed by atoms with Crippen LogP contribution in [-0.4, -0.2) is 24.8 Å². The first-order valence-corrected chi connectivity index (χ1v) is 7.64. The fourth-order valence-electron chi connectivity index (χ4n) is 2.65. The van der Waals surface area contributed by atoms with E-state index in [0.717, 1.165) is 24.7 Å². The minimum Gasteiger partial charge on any atom is -0.467 e. The average molecular weight is 270 g/mol. The average Bonchev–Trinajstić information content (AvgIpc) is 3.00. The Labute approximate surface area is 118 Å². The molecule has 3 atom stereocenters. The Morgan fingerprint density at radius 3 is 2.42 bits per heavy atom. The second-order valence-corrected chi connectivity index (χ2v) is 6.66. The largest absolute Gasteiger partial charge is 0.467 e. The van der Waals surface area contributed by atoms with E-state index in [2.05, 4.69) is 20.8 Å². The van der Waals surface area contributed by atoms with Crippen molar-refractivity contribution in [2.24, 2.45) is 11.8 Å². The van der Waals surface area contributed by atoms with Gasteiger partial charge in [-0.2, -0.15) is 0 Å². The van der Waals surface area contributed by atoms with Crippen LogP contribution in [0.25, 0.3) is 0 Å². The lowest BCUT2D eigenvalue weighted by molar-refractivity contribution is -0.142. The van der Waals surface area contributed by atoms with Gasteiger partial charge in [0.25, 0.3) is 0 Å². The Kier molecular flexibility index (Phi) is 6.31. The highest BCUT2D eigenvalue weighted by Gasteiger charge is 2.57. The van der Waals surface area contributed by atoms with Crippen molar-refractivity contribution in [1.82, 2.24) is 0 Å². The molecule has 19 heavy (non-hydrogen) atoms. The fourth-order valence-corrected chi connectivity index (χ4v) is 2.65. The molecule has 0 aromatic rings. The molecule has 0 aromatic carbocycles. The Balaban J connectivity index is 2.09. The summed E-state index contributed by atoms with van der Waals surface area (Å²) in [5.41, 5.74) is -0.259. The number of rotatable bonds is 9. The van der Waals surface area contributed by atoms with Crippen molar-refractivity contribution in [3.63, 3.8) is 0 Å². The van der Waals surface area contributed by atoms with Gasteiger partial charge in [0.1, 0.15) is 5.60 Å². The van der Waals surface area contributed by atoms with Gasteiger partial charge in [0.05, 0.1) is 7.11 Å². The highest BCUT2D eigenvalue weighted by Crippen LogP contribution is 2.41. The van der Waals surface area contributed by atoms with Crippen LogP contribution in [-0.2, 0) is 14.3 Å². The molecule has 0 bridgehead atoms. The maximum absolute atomic E-state index is 11.3. The quantitative estimate of drug-likeness (QED) is 0.470. The Morgan fingerprint density at radius 2 is 1.84 bits per heavy atom. The van der Waals surface area contributed by atoms with Crippen molar-refractivity contribution in [1.29, 1.82) is 0 Å². The van der Waals surface area contributed by atoms with Crippen LogP contribution in [0.2, 0.25) is 0 Å². The molecule has 1 rings (SSSR count). The molecule has 0 aromatic heterocycles. The van der Waals surface area contributed by atoms with Gasteiger partial charge >= 0.3 is 5.97 Å². The van der Waals surface area contributed by atoms with Gasteiger partial charge in [-0.15, -0.1) is 0 Å². The highest BCUT2D eigenvalue weighted by atomic mass is 16.6. The molecular formula is C16H30O3. The molecule has 0 amide bonds. The molecule has 1 aliphatic rings. The molecule has 0 spiro atoms. The molecule has 3 nitrogen and oxygen atoms in total. The molecule has 1 fully saturated rings. The van der Waals surface area contributed by atoms with Crippen LogP contribution >= 0.6 is 0 Å². The molecule has 3 heteroatoms. The molecule has 1 unspecified atom stereocenters. The number of epoxide rings is 1. The molecule has 1 saturated heterocycles.